The zero-order chi connectivity index (χ0) is 14.0. The van der Waals surface area contributed by atoms with Gasteiger partial charge in [0.1, 0.15) is 12.9 Å². The predicted molar refractivity (Wildman–Crippen MR) is 70.8 cm³/mol. The lowest BCUT2D eigenvalue weighted by Gasteiger charge is -2.18. The average Bonchev–Trinajstić information content (AvgIpc) is 2.76. The molecule has 1 aromatic rings. The van der Waals surface area contributed by atoms with Crippen LogP contribution >= 0.6 is 0 Å². The van der Waals surface area contributed by atoms with Crippen molar-refractivity contribution in [2.24, 2.45) is 5.16 Å². The van der Waals surface area contributed by atoms with E-state index in [1.807, 2.05) is 0 Å². The van der Waals surface area contributed by atoms with E-state index in [2.05, 4.69) is 5.16 Å². The Morgan fingerprint density at radius 3 is 2.74 bits per heavy atom. The second-order valence-electron chi connectivity index (χ2n) is 4.40. The Labute approximate surface area is 111 Å². The first-order valence-electron chi connectivity index (χ1n) is 5.75. The monoisotopic (exact) mass is 286 g/mol. The summed E-state index contributed by atoms with van der Waals surface area (Å²) in [7, 11) is -1.92. The van der Waals surface area contributed by atoms with Crippen molar-refractivity contribution in [2.45, 2.75) is 11.3 Å². The molecule has 1 aliphatic rings. The van der Waals surface area contributed by atoms with Crippen molar-refractivity contribution >= 4 is 21.2 Å². The van der Waals surface area contributed by atoms with E-state index in [1.165, 1.54) is 19.2 Å². The molecule has 0 spiro atoms. The molecule has 1 aromatic carbocycles. The number of hydrogen-bond acceptors (Lipinski definition) is 5. The third-order valence-corrected chi connectivity index (χ3v) is 4.06. The highest BCUT2D eigenvalue weighted by Gasteiger charge is 2.22. The van der Waals surface area contributed by atoms with Gasteiger partial charge in [-0.1, -0.05) is 5.16 Å². The highest BCUT2D eigenvalue weighted by atomic mass is 32.2. The van der Waals surface area contributed by atoms with E-state index < -0.39 is 15.7 Å². The van der Waals surface area contributed by atoms with E-state index in [0.717, 1.165) is 18.0 Å². The van der Waals surface area contributed by atoms with Crippen molar-refractivity contribution in [3.63, 3.8) is 0 Å². The molecule has 0 aromatic heterocycles. The number of nitrogens with zero attached hydrogens (tertiary/aromatic N) is 2. The lowest BCUT2D eigenvalue weighted by atomic mass is 10.3. The van der Waals surface area contributed by atoms with Crippen molar-refractivity contribution in [2.75, 3.05) is 31.4 Å². The molecule has 1 heterocycles. The molecule has 0 N–H and O–H groups in total. The molecule has 0 unspecified atom stereocenters. The molecular formula is C12H15FN2O3S. The summed E-state index contributed by atoms with van der Waals surface area (Å²) in [6.45, 7) is 1.13. The van der Waals surface area contributed by atoms with Gasteiger partial charge in [0.2, 0.25) is 0 Å². The molecule has 2 rings (SSSR count). The highest BCUT2D eigenvalue weighted by Crippen LogP contribution is 2.25. The maximum absolute atomic E-state index is 14.0. The summed E-state index contributed by atoms with van der Waals surface area (Å²) in [4.78, 5) is 6.48. The van der Waals surface area contributed by atoms with E-state index in [0.29, 0.717) is 25.2 Å². The van der Waals surface area contributed by atoms with Gasteiger partial charge in [0, 0.05) is 19.2 Å². The van der Waals surface area contributed by atoms with Crippen molar-refractivity contribution in [1.29, 1.82) is 0 Å². The van der Waals surface area contributed by atoms with Gasteiger partial charge in [-0.2, -0.15) is 0 Å². The van der Waals surface area contributed by atoms with Crippen LogP contribution in [-0.4, -0.2) is 40.6 Å². The van der Waals surface area contributed by atoms with Gasteiger partial charge in [0.15, 0.2) is 9.84 Å². The van der Waals surface area contributed by atoms with Crippen molar-refractivity contribution in [3.05, 3.63) is 24.0 Å². The van der Waals surface area contributed by atoms with E-state index in [1.54, 1.807) is 4.90 Å². The van der Waals surface area contributed by atoms with Gasteiger partial charge in [-0.3, -0.25) is 0 Å². The molecule has 0 saturated carbocycles. The average molecular weight is 286 g/mol. The summed E-state index contributed by atoms with van der Waals surface area (Å²) >= 11 is 0. The Bertz CT molecular complexity index is 613. The second-order valence-corrected chi connectivity index (χ2v) is 6.41. The maximum Gasteiger partial charge on any atom is 0.175 e. The topological polar surface area (TPSA) is 59.0 Å². The Morgan fingerprint density at radius 2 is 2.16 bits per heavy atom. The van der Waals surface area contributed by atoms with Gasteiger partial charge in [-0.15, -0.1) is 0 Å². The van der Waals surface area contributed by atoms with Crippen molar-refractivity contribution < 1.29 is 17.6 Å². The van der Waals surface area contributed by atoms with E-state index in [4.69, 9.17) is 4.84 Å². The first-order chi connectivity index (χ1) is 8.91. The first kappa shape index (κ1) is 13.8. The van der Waals surface area contributed by atoms with Crippen molar-refractivity contribution in [3.8, 4) is 0 Å². The number of hydrogen-bond donors (Lipinski definition) is 0. The molecule has 7 heteroatoms. The Morgan fingerprint density at radius 1 is 1.42 bits per heavy atom. The number of oxime groups is 1. The lowest BCUT2D eigenvalue weighted by Crippen LogP contribution is -2.21. The van der Waals surface area contributed by atoms with E-state index >= 15 is 0 Å². The zero-order valence-corrected chi connectivity index (χ0v) is 11.6. The van der Waals surface area contributed by atoms with Gasteiger partial charge in [0.25, 0.3) is 0 Å². The van der Waals surface area contributed by atoms with Crippen LogP contribution in [0.25, 0.3) is 0 Å². The van der Waals surface area contributed by atoms with Crippen molar-refractivity contribution in [1.82, 2.24) is 0 Å². The standard InChI is InChI=1S/C12H15FN2O3S/c1-18-14-9-5-6-15(8-9)12-4-3-10(7-11(12)13)19(2,16)17/h3-4,7H,5-6,8H2,1-2H3/b14-9+. The molecule has 0 bridgehead atoms. The summed E-state index contributed by atoms with van der Waals surface area (Å²) in [5, 5.41) is 3.84. The SMILES string of the molecule is CO/N=C1\CCN(c2ccc(S(C)(=O)=O)cc2F)C1. The fourth-order valence-corrected chi connectivity index (χ4v) is 2.66. The Balaban J connectivity index is 2.26. The first-order valence-corrected chi connectivity index (χ1v) is 7.64. The summed E-state index contributed by atoms with van der Waals surface area (Å²) in [5.74, 6) is -0.540. The quantitative estimate of drug-likeness (QED) is 0.789. The highest BCUT2D eigenvalue weighted by molar-refractivity contribution is 7.90. The number of anilines is 1. The summed E-state index contributed by atoms with van der Waals surface area (Å²) < 4.78 is 36.6. The van der Waals surface area contributed by atoms with Crippen LogP contribution in [0.1, 0.15) is 6.42 Å². The molecule has 1 fully saturated rings. The summed E-state index contributed by atoms with van der Waals surface area (Å²) in [6, 6.07) is 3.96. The Kier molecular flexibility index (Phi) is 3.75. The van der Waals surface area contributed by atoms with Gasteiger partial charge >= 0.3 is 0 Å². The van der Waals surface area contributed by atoms with Gasteiger partial charge in [-0.05, 0) is 18.2 Å². The number of halogens is 1. The molecule has 0 atom stereocenters. The summed E-state index contributed by atoms with van der Waals surface area (Å²) in [6.07, 6.45) is 1.77. The van der Waals surface area contributed by atoms with Gasteiger partial charge in [0.05, 0.1) is 22.8 Å². The second kappa shape index (κ2) is 5.16. The molecule has 0 radical (unpaired) electrons. The molecule has 19 heavy (non-hydrogen) atoms. The number of benzene rings is 1. The Hall–Kier alpha value is -1.63. The van der Waals surface area contributed by atoms with Crippen LogP contribution in [0.3, 0.4) is 0 Å². The minimum Gasteiger partial charge on any atom is -0.399 e. The molecular weight excluding hydrogens is 271 g/mol. The molecule has 0 aliphatic carbocycles. The fraction of sp³-hybridized carbons (Fsp3) is 0.417. The van der Waals surface area contributed by atoms with E-state index in [9.17, 15) is 12.8 Å². The van der Waals surface area contributed by atoms with Crippen LogP contribution in [0.4, 0.5) is 10.1 Å². The molecule has 5 nitrogen and oxygen atoms in total. The van der Waals surface area contributed by atoms with E-state index in [-0.39, 0.29) is 4.90 Å². The zero-order valence-electron chi connectivity index (χ0n) is 10.8. The normalized spacial score (nSPS) is 18.1. The minimum atomic E-state index is -3.39. The lowest BCUT2D eigenvalue weighted by molar-refractivity contribution is 0.212. The fourth-order valence-electron chi connectivity index (χ4n) is 2.03. The minimum absolute atomic E-state index is 0.0151. The smallest absolute Gasteiger partial charge is 0.175 e. The number of sulfone groups is 1. The van der Waals surface area contributed by atoms with Gasteiger partial charge in [-0.25, -0.2) is 12.8 Å². The van der Waals surface area contributed by atoms with Gasteiger partial charge < -0.3 is 9.74 Å². The summed E-state index contributed by atoms with van der Waals surface area (Å²) in [5.41, 5.74) is 1.22. The van der Waals surface area contributed by atoms with Crippen LogP contribution in [0.5, 0.6) is 0 Å². The van der Waals surface area contributed by atoms with Crippen LogP contribution < -0.4 is 4.90 Å². The van der Waals surface area contributed by atoms with Crippen LogP contribution in [0, 0.1) is 5.82 Å². The molecule has 1 aliphatic heterocycles. The maximum atomic E-state index is 14.0. The molecule has 1 saturated heterocycles. The number of rotatable bonds is 3. The van der Waals surface area contributed by atoms with Crippen LogP contribution in [-0.2, 0) is 14.7 Å². The third-order valence-electron chi connectivity index (χ3n) is 2.95. The third kappa shape index (κ3) is 3.04. The molecule has 0 amide bonds. The van der Waals surface area contributed by atoms with Crippen LogP contribution in [0.15, 0.2) is 28.3 Å². The van der Waals surface area contributed by atoms with Crippen LogP contribution in [0.2, 0.25) is 0 Å². The predicted octanol–water partition coefficient (Wildman–Crippen LogP) is 1.44. The molecule has 104 valence electrons. The largest absolute Gasteiger partial charge is 0.399 e.